The Morgan fingerprint density at radius 3 is 2.38 bits per heavy atom. The number of amides is 1. The van der Waals surface area contributed by atoms with Crippen LogP contribution in [0.3, 0.4) is 0 Å². The van der Waals surface area contributed by atoms with E-state index in [1.165, 1.54) is 0 Å². The molecule has 0 bridgehead atoms. The largest absolute Gasteiger partial charge is 0.464 e. The third kappa shape index (κ3) is 7.95. The fraction of sp³-hybridized carbons (Fsp3) is 0.464. The average molecular weight is 571 g/mol. The van der Waals surface area contributed by atoms with Gasteiger partial charge in [-0.1, -0.05) is 91.7 Å². The van der Waals surface area contributed by atoms with Gasteiger partial charge in [0.2, 0.25) is 11.7 Å². The van der Waals surface area contributed by atoms with Gasteiger partial charge in [-0.3, -0.25) is 4.79 Å². The molecule has 1 aromatic heterocycles. The highest BCUT2D eigenvalue weighted by Gasteiger charge is 2.33. The molecule has 3 aromatic rings. The molecule has 198 valence electrons. The maximum atomic E-state index is 13.3. The number of hydrogen-bond acceptors (Lipinski definition) is 6. The molecule has 0 radical (unpaired) electrons. The molecule has 37 heavy (non-hydrogen) atoms. The first-order valence-corrected chi connectivity index (χ1v) is 14.0. The van der Waals surface area contributed by atoms with Crippen LogP contribution in [0, 0.1) is 5.92 Å². The Bertz CT molecular complexity index is 1120. The van der Waals surface area contributed by atoms with Crippen molar-refractivity contribution < 1.29 is 14.3 Å². The fourth-order valence-corrected chi connectivity index (χ4v) is 4.62. The number of H-pyrrole nitrogens is 1. The lowest BCUT2D eigenvalue weighted by Crippen LogP contribution is -2.48. The van der Waals surface area contributed by atoms with Crippen molar-refractivity contribution in [1.82, 2.24) is 25.5 Å². The molecule has 2 aromatic carbocycles. The molecule has 8 nitrogen and oxygen atoms in total. The third-order valence-corrected chi connectivity index (χ3v) is 6.74. The molecule has 1 heterocycles. The molecule has 1 amide bonds. The van der Waals surface area contributed by atoms with Crippen molar-refractivity contribution in [3.05, 3.63) is 54.1 Å². The normalized spacial score (nSPS) is 11.9. The van der Waals surface area contributed by atoms with E-state index in [0.717, 1.165) is 53.3 Å². The quantitative estimate of drug-likeness (QED) is 0.150. The van der Waals surface area contributed by atoms with Crippen LogP contribution in [-0.4, -0.2) is 55.4 Å². The second-order valence-electron chi connectivity index (χ2n) is 9.36. The van der Waals surface area contributed by atoms with Gasteiger partial charge < -0.3 is 9.64 Å². The van der Waals surface area contributed by atoms with E-state index in [-0.39, 0.29) is 17.8 Å². The number of ether oxygens (including phenoxy) is 1. The highest BCUT2D eigenvalue weighted by Crippen LogP contribution is 2.30. The van der Waals surface area contributed by atoms with Gasteiger partial charge in [0.1, 0.15) is 6.04 Å². The van der Waals surface area contributed by atoms with Crippen molar-refractivity contribution >= 4 is 27.8 Å². The number of nitrogens with one attached hydrogen (secondary N) is 1. The highest BCUT2D eigenvalue weighted by atomic mass is 79.9. The average Bonchev–Trinajstić information content (AvgIpc) is 3.44. The number of halogens is 1. The zero-order valence-electron chi connectivity index (χ0n) is 21.8. The number of aromatic amines is 1. The summed E-state index contributed by atoms with van der Waals surface area (Å²) in [6, 6.07) is 15.3. The van der Waals surface area contributed by atoms with Gasteiger partial charge >= 0.3 is 5.97 Å². The minimum absolute atomic E-state index is 0.0236. The molecule has 3 rings (SSSR count). The number of carbonyl (C=O) groups excluding carboxylic acids is 2. The first kappa shape index (κ1) is 28.5. The summed E-state index contributed by atoms with van der Waals surface area (Å²) in [7, 11) is 0. The Balaban J connectivity index is 1.83. The summed E-state index contributed by atoms with van der Waals surface area (Å²) >= 11 is 3.40. The summed E-state index contributed by atoms with van der Waals surface area (Å²) in [6.45, 7) is 6.68. The number of tetrazole rings is 1. The lowest BCUT2D eigenvalue weighted by molar-refractivity contribution is -0.158. The predicted octanol–water partition coefficient (Wildman–Crippen LogP) is 5.80. The van der Waals surface area contributed by atoms with Gasteiger partial charge in [0.25, 0.3) is 0 Å². The minimum Gasteiger partial charge on any atom is -0.464 e. The van der Waals surface area contributed by atoms with E-state index in [1.807, 2.05) is 62.4 Å². The third-order valence-electron chi connectivity index (χ3n) is 6.18. The van der Waals surface area contributed by atoms with Crippen molar-refractivity contribution in [1.29, 1.82) is 0 Å². The summed E-state index contributed by atoms with van der Waals surface area (Å²) in [5.41, 5.74) is 3.81. The van der Waals surface area contributed by atoms with Crippen molar-refractivity contribution in [2.45, 2.75) is 65.5 Å². The summed E-state index contributed by atoms with van der Waals surface area (Å²) < 4.78 is 5.59. The first-order valence-electron chi connectivity index (χ1n) is 12.9. The number of benzene rings is 2. The Hall–Kier alpha value is -3.07. The summed E-state index contributed by atoms with van der Waals surface area (Å²) in [4.78, 5) is 28.1. The van der Waals surface area contributed by atoms with Crippen molar-refractivity contribution in [2.24, 2.45) is 5.92 Å². The lowest BCUT2D eigenvalue weighted by Gasteiger charge is -2.33. The zero-order chi connectivity index (χ0) is 26.6. The summed E-state index contributed by atoms with van der Waals surface area (Å²) in [5.74, 6) is 0.0988. The number of rotatable bonds is 14. The smallest absolute Gasteiger partial charge is 0.329 e. The molecule has 1 unspecified atom stereocenters. The van der Waals surface area contributed by atoms with Gasteiger partial charge in [0.05, 0.1) is 6.61 Å². The van der Waals surface area contributed by atoms with Crippen LogP contribution in [-0.2, 0) is 20.9 Å². The van der Waals surface area contributed by atoms with Crippen LogP contribution < -0.4 is 0 Å². The van der Waals surface area contributed by atoms with Gasteiger partial charge in [-0.05, 0) is 47.1 Å². The number of aromatic nitrogens is 4. The van der Waals surface area contributed by atoms with Crippen LogP contribution in [0.15, 0.2) is 48.5 Å². The van der Waals surface area contributed by atoms with Gasteiger partial charge in [0.15, 0.2) is 0 Å². The number of esters is 1. The zero-order valence-corrected chi connectivity index (χ0v) is 23.4. The Morgan fingerprint density at radius 2 is 1.76 bits per heavy atom. The van der Waals surface area contributed by atoms with E-state index in [9.17, 15) is 9.59 Å². The maximum absolute atomic E-state index is 13.3. The van der Waals surface area contributed by atoms with Gasteiger partial charge in [-0.2, -0.15) is 5.21 Å². The molecule has 0 aliphatic rings. The molecule has 0 fully saturated rings. The molecule has 0 aliphatic heterocycles. The van der Waals surface area contributed by atoms with Crippen LogP contribution in [0.5, 0.6) is 0 Å². The monoisotopic (exact) mass is 569 g/mol. The number of unbranched alkanes of at least 4 members (excludes halogenated alkanes) is 2. The summed E-state index contributed by atoms with van der Waals surface area (Å²) in [5, 5.41) is 15.3. The highest BCUT2D eigenvalue weighted by molar-refractivity contribution is 9.09. The Kier molecular flexibility index (Phi) is 11.3. The molecule has 1 atom stereocenters. The number of carbonyl (C=O) groups is 2. The van der Waals surface area contributed by atoms with E-state index in [2.05, 4.69) is 43.5 Å². The topological polar surface area (TPSA) is 101 Å². The van der Waals surface area contributed by atoms with Crippen LogP contribution in [0.1, 0.15) is 58.4 Å². The minimum atomic E-state index is -0.632. The SMILES string of the molecule is CCCCC(=O)N(Cc1ccc(-c2ccccc2-c2nn[nH]n2)cc1)C(C(=O)OCCCCBr)C(C)C. The number of alkyl halides is 1. The Labute approximate surface area is 227 Å². The van der Waals surface area contributed by atoms with Gasteiger partial charge in [-0.25, -0.2) is 4.79 Å². The second-order valence-corrected chi connectivity index (χ2v) is 10.1. The molecule has 0 spiro atoms. The number of nitrogens with zero attached hydrogens (tertiary/aromatic N) is 4. The van der Waals surface area contributed by atoms with E-state index >= 15 is 0 Å². The van der Waals surface area contributed by atoms with Gasteiger partial charge in [0, 0.05) is 23.9 Å². The fourth-order valence-electron chi connectivity index (χ4n) is 4.22. The Morgan fingerprint density at radius 1 is 1.03 bits per heavy atom. The van der Waals surface area contributed by atoms with E-state index < -0.39 is 6.04 Å². The lowest BCUT2D eigenvalue weighted by atomic mass is 9.97. The second kappa shape index (κ2) is 14.6. The predicted molar refractivity (Wildman–Crippen MR) is 148 cm³/mol. The summed E-state index contributed by atoms with van der Waals surface area (Å²) in [6.07, 6.45) is 3.83. The van der Waals surface area contributed by atoms with Crippen LogP contribution in [0.25, 0.3) is 22.5 Å². The van der Waals surface area contributed by atoms with Crippen molar-refractivity contribution in [3.8, 4) is 22.5 Å². The van der Waals surface area contributed by atoms with Crippen LogP contribution in [0.4, 0.5) is 0 Å². The molecule has 0 saturated carbocycles. The van der Waals surface area contributed by atoms with Gasteiger partial charge in [-0.15, -0.1) is 10.2 Å². The van der Waals surface area contributed by atoms with Crippen molar-refractivity contribution in [2.75, 3.05) is 11.9 Å². The molecule has 0 saturated heterocycles. The van der Waals surface area contributed by atoms with Crippen LogP contribution >= 0.6 is 15.9 Å². The molecular weight excluding hydrogens is 534 g/mol. The first-order chi connectivity index (χ1) is 18.0. The standard InChI is InChI=1S/C28H36BrN5O3/c1-4-5-12-25(35)34(26(20(2)3)28(36)37-18-9-8-17-29)19-21-13-15-22(16-14-21)23-10-6-7-11-24(23)27-30-32-33-31-27/h6-7,10-11,13-16,20,26H,4-5,8-9,12,17-19H2,1-3H3,(H,30,31,32,33). The molecule has 1 N–H and O–H groups in total. The van der Waals surface area contributed by atoms with E-state index in [4.69, 9.17) is 4.74 Å². The van der Waals surface area contributed by atoms with Crippen molar-refractivity contribution in [3.63, 3.8) is 0 Å². The molecular formula is C28H36BrN5O3. The van der Waals surface area contributed by atoms with Crippen LogP contribution in [0.2, 0.25) is 0 Å². The number of hydrogen-bond donors (Lipinski definition) is 1. The molecule has 9 heteroatoms. The maximum Gasteiger partial charge on any atom is 0.329 e. The van der Waals surface area contributed by atoms with E-state index in [0.29, 0.717) is 25.4 Å². The van der Waals surface area contributed by atoms with E-state index in [1.54, 1.807) is 4.90 Å². The molecule has 0 aliphatic carbocycles.